The molecule has 0 fully saturated rings. The van der Waals surface area contributed by atoms with Crippen molar-refractivity contribution in [3.8, 4) is 0 Å². The molecule has 0 radical (unpaired) electrons. The normalized spacial score (nSPS) is 10.8. The van der Waals surface area contributed by atoms with Crippen LogP contribution in [0.5, 0.6) is 0 Å². The Morgan fingerprint density at radius 2 is 1.50 bits per heavy atom. The zero-order chi connectivity index (χ0) is 15.4. The van der Waals surface area contributed by atoms with Gasteiger partial charge < -0.3 is 18.9 Å². The first-order chi connectivity index (χ1) is 9.49. The van der Waals surface area contributed by atoms with Crippen LogP contribution in [0.25, 0.3) is 0 Å². The van der Waals surface area contributed by atoms with Gasteiger partial charge in [-0.1, -0.05) is 13.2 Å². The third-order valence-corrected chi connectivity index (χ3v) is 1.88. The molecule has 7 heteroatoms. The van der Waals surface area contributed by atoms with E-state index in [1.807, 2.05) is 0 Å². The Bertz CT molecular complexity index is 362. The van der Waals surface area contributed by atoms with Crippen LogP contribution in [-0.2, 0) is 28.5 Å². The molecule has 0 aromatic heterocycles. The number of carbonyl (C=O) groups is 3. The van der Waals surface area contributed by atoms with Gasteiger partial charge in [-0.15, -0.1) is 0 Å². The Morgan fingerprint density at radius 3 is 2.05 bits per heavy atom. The van der Waals surface area contributed by atoms with Gasteiger partial charge in [0.05, 0.1) is 13.2 Å². The van der Waals surface area contributed by atoms with Crippen LogP contribution in [0.4, 0.5) is 4.79 Å². The molecule has 0 aliphatic heterocycles. The lowest BCUT2D eigenvalue weighted by Gasteiger charge is -2.12. The lowest BCUT2D eigenvalue weighted by molar-refractivity contribution is -0.162. The summed E-state index contributed by atoms with van der Waals surface area (Å²) < 4.78 is 18.7. The first-order valence-corrected chi connectivity index (χ1v) is 5.95. The van der Waals surface area contributed by atoms with Gasteiger partial charge in [-0.05, 0) is 12.8 Å². The zero-order valence-corrected chi connectivity index (χ0v) is 11.3. The maximum absolute atomic E-state index is 11.2. The zero-order valence-electron chi connectivity index (χ0n) is 11.3. The SMILES string of the molecule is C=CC(=O)OCCCCOC(=O)OC(C)OC(=O)C=C. The average molecular weight is 286 g/mol. The summed E-state index contributed by atoms with van der Waals surface area (Å²) in [6, 6.07) is 0. The molecule has 0 aliphatic carbocycles. The molecule has 0 N–H and O–H groups in total. The first kappa shape index (κ1) is 17.7. The number of ether oxygens (including phenoxy) is 4. The summed E-state index contributed by atoms with van der Waals surface area (Å²) in [5.41, 5.74) is 0. The van der Waals surface area contributed by atoms with Gasteiger partial charge in [0.15, 0.2) is 0 Å². The molecule has 20 heavy (non-hydrogen) atoms. The summed E-state index contributed by atoms with van der Waals surface area (Å²) >= 11 is 0. The molecule has 112 valence electrons. The monoisotopic (exact) mass is 286 g/mol. The fourth-order valence-corrected chi connectivity index (χ4v) is 0.997. The lowest BCUT2D eigenvalue weighted by atomic mass is 10.3. The predicted octanol–water partition coefficient (Wildman–Crippen LogP) is 1.72. The summed E-state index contributed by atoms with van der Waals surface area (Å²) in [4.78, 5) is 32.6. The molecule has 0 amide bonds. The fraction of sp³-hybridized carbons (Fsp3) is 0.462. The molecule has 0 rings (SSSR count). The highest BCUT2D eigenvalue weighted by Crippen LogP contribution is 1.99. The number of esters is 2. The molecule has 0 saturated carbocycles. The quantitative estimate of drug-likeness (QED) is 0.210. The second-order valence-electron chi connectivity index (χ2n) is 3.50. The van der Waals surface area contributed by atoms with Crippen LogP contribution < -0.4 is 0 Å². The van der Waals surface area contributed by atoms with Crippen LogP contribution in [0.3, 0.4) is 0 Å². The Morgan fingerprint density at radius 1 is 0.950 bits per heavy atom. The smallest absolute Gasteiger partial charge is 0.463 e. The van der Waals surface area contributed by atoms with Gasteiger partial charge in [-0.2, -0.15) is 0 Å². The van der Waals surface area contributed by atoms with E-state index in [1.165, 1.54) is 6.92 Å². The van der Waals surface area contributed by atoms with E-state index in [1.54, 1.807) is 0 Å². The van der Waals surface area contributed by atoms with Crippen LogP contribution in [0, 0.1) is 0 Å². The molecule has 7 nitrogen and oxygen atoms in total. The Kier molecular flexibility index (Phi) is 9.37. The van der Waals surface area contributed by atoms with Crippen LogP contribution in [0.1, 0.15) is 19.8 Å². The van der Waals surface area contributed by atoms with E-state index in [0.29, 0.717) is 12.8 Å². The van der Waals surface area contributed by atoms with Crippen molar-refractivity contribution in [3.63, 3.8) is 0 Å². The second-order valence-corrected chi connectivity index (χ2v) is 3.50. The van der Waals surface area contributed by atoms with Gasteiger partial charge in [0.1, 0.15) is 0 Å². The minimum atomic E-state index is -1.05. The molecule has 1 unspecified atom stereocenters. The largest absolute Gasteiger partial charge is 0.511 e. The Labute approximate surface area is 117 Å². The van der Waals surface area contributed by atoms with E-state index in [4.69, 9.17) is 9.47 Å². The maximum atomic E-state index is 11.2. The molecular weight excluding hydrogens is 268 g/mol. The fourth-order valence-electron chi connectivity index (χ4n) is 0.997. The van der Waals surface area contributed by atoms with Crippen molar-refractivity contribution in [3.05, 3.63) is 25.3 Å². The predicted molar refractivity (Wildman–Crippen MR) is 68.6 cm³/mol. The van der Waals surface area contributed by atoms with Gasteiger partial charge in [0.2, 0.25) is 6.29 Å². The van der Waals surface area contributed by atoms with Crippen molar-refractivity contribution in [2.75, 3.05) is 13.2 Å². The van der Waals surface area contributed by atoms with Gasteiger partial charge in [0, 0.05) is 19.1 Å². The van der Waals surface area contributed by atoms with Crippen molar-refractivity contribution in [2.24, 2.45) is 0 Å². The number of hydrogen-bond donors (Lipinski definition) is 0. The van der Waals surface area contributed by atoms with Crippen LogP contribution in [-0.4, -0.2) is 37.6 Å². The molecule has 0 spiro atoms. The number of unbranched alkanes of at least 4 members (excludes halogenated alkanes) is 1. The van der Waals surface area contributed by atoms with Crippen molar-refractivity contribution < 1.29 is 33.3 Å². The summed E-state index contributed by atoms with van der Waals surface area (Å²) in [5.74, 6) is -1.20. The van der Waals surface area contributed by atoms with E-state index in [9.17, 15) is 14.4 Å². The minimum Gasteiger partial charge on any atom is -0.463 e. The summed E-state index contributed by atoms with van der Waals surface area (Å²) in [6.45, 7) is 8.15. The van der Waals surface area contributed by atoms with Crippen molar-refractivity contribution in [1.82, 2.24) is 0 Å². The maximum Gasteiger partial charge on any atom is 0.511 e. The topological polar surface area (TPSA) is 88.1 Å². The highest BCUT2D eigenvalue weighted by atomic mass is 16.8. The van der Waals surface area contributed by atoms with Gasteiger partial charge >= 0.3 is 18.1 Å². The molecule has 0 heterocycles. The second kappa shape index (κ2) is 10.6. The van der Waals surface area contributed by atoms with Gasteiger partial charge in [-0.25, -0.2) is 14.4 Å². The Hall–Kier alpha value is -2.31. The molecule has 0 aromatic carbocycles. The Balaban J connectivity index is 3.58. The molecular formula is C13H18O7. The van der Waals surface area contributed by atoms with E-state index >= 15 is 0 Å². The summed E-state index contributed by atoms with van der Waals surface area (Å²) in [7, 11) is 0. The number of carbonyl (C=O) groups excluding carboxylic acids is 3. The van der Waals surface area contributed by atoms with Crippen molar-refractivity contribution in [2.45, 2.75) is 26.1 Å². The molecule has 0 aliphatic rings. The lowest BCUT2D eigenvalue weighted by Crippen LogP contribution is -2.21. The molecule has 1 atom stereocenters. The summed E-state index contributed by atoms with van der Waals surface area (Å²) in [6.07, 6.45) is 1.06. The van der Waals surface area contributed by atoms with Crippen LogP contribution in [0.2, 0.25) is 0 Å². The summed E-state index contributed by atoms with van der Waals surface area (Å²) in [5, 5.41) is 0. The van der Waals surface area contributed by atoms with E-state index in [2.05, 4.69) is 22.6 Å². The van der Waals surface area contributed by atoms with Crippen LogP contribution >= 0.6 is 0 Å². The third-order valence-electron chi connectivity index (χ3n) is 1.88. The van der Waals surface area contributed by atoms with Gasteiger partial charge in [0.25, 0.3) is 0 Å². The third kappa shape index (κ3) is 9.69. The standard InChI is InChI=1S/C13H18O7/c1-4-11(14)17-8-6-7-9-18-13(16)20-10(3)19-12(15)5-2/h4-5,10H,1-2,6-9H2,3H3. The van der Waals surface area contributed by atoms with Crippen LogP contribution in [0.15, 0.2) is 25.3 Å². The highest BCUT2D eigenvalue weighted by molar-refractivity contribution is 5.81. The van der Waals surface area contributed by atoms with Gasteiger partial charge in [-0.3, -0.25) is 0 Å². The van der Waals surface area contributed by atoms with E-state index in [0.717, 1.165) is 12.2 Å². The molecule has 0 saturated heterocycles. The average Bonchev–Trinajstić information content (AvgIpc) is 2.41. The van der Waals surface area contributed by atoms with Crippen molar-refractivity contribution in [1.29, 1.82) is 0 Å². The van der Waals surface area contributed by atoms with E-state index < -0.39 is 24.4 Å². The minimum absolute atomic E-state index is 0.104. The number of rotatable bonds is 9. The molecule has 0 aromatic rings. The van der Waals surface area contributed by atoms with E-state index in [-0.39, 0.29) is 13.2 Å². The van der Waals surface area contributed by atoms with Crippen molar-refractivity contribution >= 4 is 18.1 Å². The number of hydrogen-bond acceptors (Lipinski definition) is 7. The highest BCUT2D eigenvalue weighted by Gasteiger charge is 2.13. The molecule has 0 bridgehead atoms. The first-order valence-electron chi connectivity index (χ1n) is 5.95.